The monoisotopic (exact) mass is 242 g/mol. The molecule has 0 atom stereocenters. The standard InChI is InChI=1S/C14H18N4/c1-4-18(5-2)13-8-6-7-12(11(13)3)17-14-15-9-10-16-14/h6-10H,4-5H2,1-3H3. The largest absolute Gasteiger partial charge is 0.372 e. The number of anilines is 1. The van der Waals surface area contributed by atoms with E-state index in [0.717, 1.165) is 18.8 Å². The van der Waals surface area contributed by atoms with Gasteiger partial charge in [-0.2, -0.15) is 0 Å². The van der Waals surface area contributed by atoms with Gasteiger partial charge in [0.05, 0.1) is 5.69 Å². The molecular formula is C14H18N4. The zero-order valence-electron chi connectivity index (χ0n) is 11.1. The molecule has 18 heavy (non-hydrogen) atoms. The zero-order valence-corrected chi connectivity index (χ0v) is 11.1. The van der Waals surface area contributed by atoms with E-state index in [9.17, 15) is 0 Å². The second kappa shape index (κ2) is 5.58. The molecule has 0 radical (unpaired) electrons. The first kappa shape index (κ1) is 12.5. The van der Waals surface area contributed by atoms with Gasteiger partial charge in [0, 0.05) is 31.2 Å². The molecule has 1 heterocycles. The van der Waals surface area contributed by atoms with Crippen LogP contribution in [-0.2, 0) is 0 Å². The van der Waals surface area contributed by atoms with E-state index < -0.39 is 0 Å². The SMILES string of the molecule is CCN(CC)c1cccc(N=C2N=CC=N2)c1C. The Bertz CT molecular complexity index is 497. The molecule has 1 aliphatic heterocycles. The minimum Gasteiger partial charge on any atom is -0.372 e. The number of nitrogens with zero attached hydrogens (tertiary/aromatic N) is 4. The third-order valence-corrected chi connectivity index (χ3v) is 3.05. The van der Waals surface area contributed by atoms with Crippen LogP contribution >= 0.6 is 0 Å². The molecule has 0 saturated carbocycles. The predicted molar refractivity (Wildman–Crippen MR) is 78.8 cm³/mol. The maximum absolute atomic E-state index is 4.46. The summed E-state index contributed by atoms with van der Waals surface area (Å²) in [7, 11) is 0. The van der Waals surface area contributed by atoms with Crippen LogP contribution in [0.25, 0.3) is 0 Å². The van der Waals surface area contributed by atoms with Gasteiger partial charge in [0.2, 0.25) is 5.96 Å². The molecule has 4 nitrogen and oxygen atoms in total. The smallest absolute Gasteiger partial charge is 0.249 e. The van der Waals surface area contributed by atoms with Crippen LogP contribution in [0, 0.1) is 6.92 Å². The van der Waals surface area contributed by atoms with Gasteiger partial charge in [0.15, 0.2) is 0 Å². The van der Waals surface area contributed by atoms with Crippen LogP contribution < -0.4 is 4.90 Å². The molecule has 1 aromatic carbocycles. The Hall–Kier alpha value is -1.97. The summed E-state index contributed by atoms with van der Waals surface area (Å²) in [4.78, 5) is 14.9. The van der Waals surface area contributed by atoms with Crippen molar-refractivity contribution in [3.05, 3.63) is 23.8 Å². The first-order valence-electron chi connectivity index (χ1n) is 6.26. The van der Waals surface area contributed by atoms with Crippen LogP contribution in [-0.4, -0.2) is 31.5 Å². The molecule has 4 heteroatoms. The average Bonchev–Trinajstić information content (AvgIpc) is 2.88. The van der Waals surface area contributed by atoms with Gasteiger partial charge in [-0.15, -0.1) is 0 Å². The van der Waals surface area contributed by atoms with Crippen LogP contribution in [0.15, 0.2) is 33.2 Å². The Morgan fingerprint density at radius 3 is 2.39 bits per heavy atom. The first-order valence-corrected chi connectivity index (χ1v) is 6.26. The quantitative estimate of drug-likeness (QED) is 0.800. The Morgan fingerprint density at radius 1 is 1.11 bits per heavy atom. The van der Waals surface area contributed by atoms with Crippen LogP contribution in [0.4, 0.5) is 11.4 Å². The van der Waals surface area contributed by atoms with E-state index in [1.54, 1.807) is 12.4 Å². The summed E-state index contributed by atoms with van der Waals surface area (Å²) in [5.74, 6) is 0.523. The van der Waals surface area contributed by atoms with E-state index in [1.807, 2.05) is 12.1 Å². The Kier molecular flexibility index (Phi) is 3.87. The molecule has 0 aromatic heterocycles. The molecule has 2 rings (SSSR count). The van der Waals surface area contributed by atoms with Crippen LogP contribution in [0.1, 0.15) is 19.4 Å². The lowest BCUT2D eigenvalue weighted by Crippen LogP contribution is -2.22. The van der Waals surface area contributed by atoms with Crippen molar-refractivity contribution in [1.82, 2.24) is 0 Å². The van der Waals surface area contributed by atoms with E-state index in [2.05, 4.69) is 46.7 Å². The number of hydrogen-bond acceptors (Lipinski definition) is 2. The first-order chi connectivity index (χ1) is 8.76. The van der Waals surface area contributed by atoms with Crippen molar-refractivity contribution in [1.29, 1.82) is 0 Å². The fraction of sp³-hybridized carbons (Fsp3) is 0.357. The highest BCUT2D eigenvalue weighted by Crippen LogP contribution is 2.29. The van der Waals surface area contributed by atoms with Crippen molar-refractivity contribution < 1.29 is 0 Å². The second-order valence-electron chi connectivity index (χ2n) is 4.06. The van der Waals surface area contributed by atoms with Gasteiger partial charge in [0.1, 0.15) is 0 Å². The second-order valence-corrected chi connectivity index (χ2v) is 4.06. The minimum absolute atomic E-state index is 0.523. The van der Waals surface area contributed by atoms with Gasteiger partial charge in [-0.25, -0.2) is 15.0 Å². The van der Waals surface area contributed by atoms with Gasteiger partial charge >= 0.3 is 0 Å². The lowest BCUT2D eigenvalue weighted by atomic mass is 10.1. The summed E-state index contributed by atoms with van der Waals surface area (Å²) in [6.45, 7) is 8.40. The van der Waals surface area contributed by atoms with Gasteiger partial charge < -0.3 is 4.90 Å². The van der Waals surface area contributed by atoms with Gasteiger partial charge in [0.25, 0.3) is 0 Å². The average molecular weight is 242 g/mol. The predicted octanol–water partition coefficient (Wildman–Crippen LogP) is 2.98. The van der Waals surface area contributed by atoms with Crippen molar-refractivity contribution in [2.75, 3.05) is 18.0 Å². The van der Waals surface area contributed by atoms with Crippen molar-refractivity contribution in [2.24, 2.45) is 15.0 Å². The van der Waals surface area contributed by atoms with Crippen LogP contribution in [0.2, 0.25) is 0 Å². The number of benzene rings is 1. The van der Waals surface area contributed by atoms with Gasteiger partial charge in [-0.1, -0.05) is 6.07 Å². The molecule has 0 spiro atoms. The van der Waals surface area contributed by atoms with E-state index in [1.165, 1.54) is 11.3 Å². The highest BCUT2D eigenvalue weighted by molar-refractivity contribution is 6.26. The maximum Gasteiger partial charge on any atom is 0.249 e. The molecule has 0 aliphatic carbocycles. The summed E-state index contributed by atoms with van der Waals surface area (Å²) < 4.78 is 0. The van der Waals surface area contributed by atoms with Gasteiger partial charge in [-0.05, 0) is 38.5 Å². The molecule has 0 amide bonds. The molecule has 0 unspecified atom stereocenters. The third-order valence-electron chi connectivity index (χ3n) is 3.05. The Morgan fingerprint density at radius 2 is 1.78 bits per heavy atom. The summed E-state index contributed by atoms with van der Waals surface area (Å²) in [5, 5.41) is 0. The molecule has 0 fully saturated rings. The molecular weight excluding hydrogens is 224 g/mol. The molecule has 0 saturated heterocycles. The zero-order chi connectivity index (χ0) is 13.0. The third kappa shape index (κ3) is 2.47. The van der Waals surface area contributed by atoms with Crippen molar-refractivity contribution in [2.45, 2.75) is 20.8 Å². The van der Waals surface area contributed by atoms with E-state index >= 15 is 0 Å². The van der Waals surface area contributed by atoms with E-state index in [0.29, 0.717) is 5.96 Å². The van der Waals surface area contributed by atoms with Crippen molar-refractivity contribution >= 4 is 29.8 Å². The van der Waals surface area contributed by atoms with Crippen molar-refractivity contribution in [3.8, 4) is 0 Å². The lowest BCUT2D eigenvalue weighted by molar-refractivity contribution is 0.862. The summed E-state index contributed by atoms with van der Waals surface area (Å²) in [6.07, 6.45) is 3.31. The lowest BCUT2D eigenvalue weighted by Gasteiger charge is -2.23. The molecule has 1 aliphatic rings. The molecule has 1 aromatic rings. The Labute approximate surface area is 108 Å². The highest BCUT2D eigenvalue weighted by Gasteiger charge is 2.09. The normalized spacial score (nSPS) is 13.2. The fourth-order valence-corrected chi connectivity index (χ4v) is 2.04. The van der Waals surface area contributed by atoms with E-state index in [4.69, 9.17) is 0 Å². The number of aliphatic imine (C=N–C) groups is 3. The topological polar surface area (TPSA) is 40.3 Å². The molecule has 0 bridgehead atoms. The maximum atomic E-state index is 4.46. The van der Waals surface area contributed by atoms with Crippen molar-refractivity contribution in [3.63, 3.8) is 0 Å². The number of rotatable bonds is 4. The minimum atomic E-state index is 0.523. The Balaban J connectivity index is 2.38. The summed E-state index contributed by atoms with van der Waals surface area (Å²) in [6, 6.07) is 6.16. The number of hydrogen-bond donors (Lipinski definition) is 0. The number of guanidine groups is 1. The summed E-state index contributed by atoms with van der Waals surface area (Å²) >= 11 is 0. The van der Waals surface area contributed by atoms with Crippen LogP contribution in [0.5, 0.6) is 0 Å². The van der Waals surface area contributed by atoms with Gasteiger partial charge in [-0.3, -0.25) is 0 Å². The van der Waals surface area contributed by atoms with E-state index in [-0.39, 0.29) is 0 Å². The summed E-state index contributed by atoms with van der Waals surface area (Å²) in [5.41, 5.74) is 3.34. The molecule has 94 valence electrons. The van der Waals surface area contributed by atoms with Crippen LogP contribution in [0.3, 0.4) is 0 Å². The molecule has 0 N–H and O–H groups in total. The fourth-order valence-electron chi connectivity index (χ4n) is 2.04. The highest BCUT2D eigenvalue weighted by atomic mass is 15.1.